The molecule has 3 atom stereocenters. The van der Waals surface area contributed by atoms with E-state index in [-0.39, 0.29) is 18.6 Å². The third kappa shape index (κ3) is 4.12. The lowest BCUT2D eigenvalue weighted by molar-refractivity contribution is -0.127. The Morgan fingerprint density at radius 3 is 2.57 bits per heavy atom. The number of nitrogens with zero attached hydrogens (tertiary/aromatic N) is 1. The SMILES string of the molecule is COCCOCC(=O)N[C@@H]1c2ccccc2[C@@H]2CN(Cc3ccccc3)C[C@H]12. The highest BCUT2D eigenvalue weighted by atomic mass is 16.5. The van der Waals surface area contributed by atoms with Gasteiger partial charge in [0.05, 0.1) is 19.3 Å². The molecule has 0 radical (unpaired) electrons. The predicted molar refractivity (Wildman–Crippen MR) is 108 cm³/mol. The van der Waals surface area contributed by atoms with Crippen molar-refractivity contribution < 1.29 is 14.3 Å². The summed E-state index contributed by atoms with van der Waals surface area (Å²) in [4.78, 5) is 15.0. The van der Waals surface area contributed by atoms with Gasteiger partial charge in [-0.15, -0.1) is 0 Å². The summed E-state index contributed by atoms with van der Waals surface area (Å²) in [6, 6.07) is 19.2. The Bertz CT molecular complexity index is 795. The Morgan fingerprint density at radius 1 is 1.04 bits per heavy atom. The van der Waals surface area contributed by atoms with Crippen LogP contribution in [-0.2, 0) is 20.8 Å². The summed E-state index contributed by atoms with van der Waals surface area (Å²) in [5.74, 6) is 0.821. The second-order valence-electron chi connectivity index (χ2n) is 7.67. The Hall–Kier alpha value is -2.21. The first-order chi connectivity index (χ1) is 13.8. The first kappa shape index (κ1) is 19.1. The number of carbonyl (C=O) groups excluding carboxylic acids is 1. The molecule has 4 rings (SSSR count). The minimum Gasteiger partial charge on any atom is -0.382 e. The quantitative estimate of drug-likeness (QED) is 0.716. The summed E-state index contributed by atoms with van der Waals surface area (Å²) < 4.78 is 10.4. The molecule has 5 heteroatoms. The van der Waals surface area contributed by atoms with E-state index in [0.717, 1.165) is 19.6 Å². The van der Waals surface area contributed by atoms with E-state index in [4.69, 9.17) is 9.47 Å². The van der Waals surface area contributed by atoms with Crippen molar-refractivity contribution in [2.75, 3.05) is 40.0 Å². The fraction of sp³-hybridized carbons (Fsp3) is 0.435. The van der Waals surface area contributed by atoms with Gasteiger partial charge in [0.2, 0.25) is 5.91 Å². The molecule has 2 aliphatic rings. The fourth-order valence-corrected chi connectivity index (χ4v) is 4.62. The Balaban J connectivity index is 1.44. The smallest absolute Gasteiger partial charge is 0.246 e. The van der Waals surface area contributed by atoms with Gasteiger partial charge in [0, 0.05) is 38.6 Å². The van der Waals surface area contributed by atoms with E-state index in [2.05, 4.69) is 64.8 Å². The number of carbonyl (C=O) groups is 1. The number of rotatable bonds is 8. The first-order valence-corrected chi connectivity index (χ1v) is 9.97. The second-order valence-corrected chi connectivity index (χ2v) is 7.67. The lowest BCUT2D eigenvalue weighted by Crippen LogP contribution is -2.36. The molecule has 1 saturated heterocycles. The lowest BCUT2D eigenvalue weighted by Gasteiger charge is -2.23. The van der Waals surface area contributed by atoms with Crippen molar-refractivity contribution in [1.29, 1.82) is 0 Å². The molecule has 0 unspecified atom stereocenters. The maximum absolute atomic E-state index is 12.4. The molecule has 5 nitrogen and oxygen atoms in total. The summed E-state index contributed by atoms with van der Waals surface area (Å²) in [5, 5.41) is 3.24. The Labute approximate surface area is 166 Å². The van der Waals surface area contributed by atoms with E-state index >= 15 is 0 Å². The average molecular weight is 380 g/mol. The van der Waals surface area contributed by atoms with Crippen LogP contribution in [0.25, 0.3) is 0 Å². The van der Waals surface area contributed by atoms with E-state index in [1.165, 1.54) is 16.7 Å². The highest BCUT2D eigenvalue weighted by Gasteiger charge is 2.46. The number of nitrogens with one attached hydrogen (secondary N) is 1. The molecule has 1 N–H and O–H groups in total. The summed E-state index contributed by atoms with van der Waals surface area (Å²) in [6.45, 7) is 3.99. The highest BCUT2D eigenvalue weighted by molar-refractivity contribution is 5.78. The molecular formula is C23H28N2O3. The van der Waals surface area contributed by atoms with E-state index < -0.39 is 0 Å². The molecule has 2 aromatic rings. The van der Waals surface area contributed by atoms with Gasteiger partial charge in [-0.05, 0) is 16.7 Å². The number of likely N-dealkylation sites (tertiary alicyclic amines) is 1. The standard InChI is InChI=1S/C23H28N2O3/c1-27-11-12-28-16-22(26)24-23-19-10-6-5-9-18(19)20-14-25(15-21(20)23)13-17-7-3-2-4-8-17/h2-10,20-21,23H,11-16H2,1H3,(H,24,26)/t20-,21-,23+/m0/s1. The molecule has 1 fully saturated rings. The number of methoxy groups -OCH3 is 1. The van der Waals surface area contributed by atoms with Crippen molar-refractivity contribution >= 4 is 5.91 Å². The van der Waals surface area contributed by atoms with E-state index in [0.29, 0.717) is 25.0 Å². The van der Waals surface area contributed by atoms with Crippen LogP contribution in [0.2, 0.25) is 0 Å². The van der Waals surface area contributed by atoms with E-state index in [9.17, 15) is 4.79 Å². The molecule has 2 aromatic carbocycles. The van der Waals surface area contributed by atoms with E-state index in [1.807, 2.05) is 0 Å². The molecule has 0 aromatic heterocycles. The Morgan fingerprint density at radius 2 is 1.79 bits per heavy atom. The lowest BCUT2D eigenvalue weighted by atomic mass is 9.94. The van der Waals surface area contributed by atoms with Crippen molar-refractivity contribution in [1.82, 2.24) is 10.2 Å². The minimum absolute atomic E-state index is 0.0560. The van der Waals surface area contributed by atoms with Crippen LogP contribution in [0.3, 0.4) is 0 Å². The van der Waals surface area contributed by atoms with Gasteiger partial charge >= 0.3 is 0 Å². The van der Waals surface area contributed by atoms with Gasteiger partial charge in [0.25, 0.3) is 0 Å². The molecule has 0 bridgehead atoms. The number of ether oxygens (including phenoxy) is 2. The zero-order valence-electron chi connectivity index (χ0n) is 16.3. The molecule has 148 valence electrons. The van der Waals surface area contributed by atoms with Gasteiger partial charge in [0.1, 0.15) is 6.61 Å². The van der Waals surface area contributed by atoms with Crippen LogP contribution in [0.15, 0.2) is 54.6 Å². The van der Waals surface area contributed by atoms with Gasteiger partial charge in [-0.25, -0.2) is 0 Å². The van der Waals surface area contributed by atoms with Gasteiger partial charge in [-0.3, -0.25) is 9.69 Å². The number of hydrogen-bond donors (Lipinski definition) is 1. The first-order valence-electron chi connectivity index (χ1n) is 9.97. The monoisotopic (exact) mass is 380 g/mol. The molecule has 1 heterocycles. The van der Waals surface area contributed by atoms with Crippen molar-refractivity contribution in [2.24, 2.45) is 5.92 Å². The van der Waals surface area contributed by atoms with Gasteiger partial charge in [-0.2, -0.15) is 0 Å². The fourth-order valence-electron chi connectivity index (χ4n) is 4.62. The normalized spacial score (nSPS) is 23.4. The molecule has 28 heavy (non-hydrogen) atoms. The summed E-state index contributed by atoms with van der Waals surface area (Å²) >= 11 is 0. The second kappa shape index (κ2) is 8.86. The zero-order valence-corrected chi connectivity index (χ0v) is 16.3. The van der Waals surface area contributed by atoms with Crippen LogP contribution in [-0.4, -0.2) is 50.8 Å². The van der Waals surface area contributed by atoms with Crippen LogP contribution in [0.4, 0.5) is 0 Å². The van der Waals surface area contributed by atoms with Crippen LogP contribution in [0.5, 0.6) is 0 Å². The van der Waals surface area contributed by atoms with Crippen LogP contribution in [0, 0.1) is 5.92 Å². The number of hydrogen-bond acceptors (Lipinski definition) is 4. The summed E-state index contributed by atoms with van der Waals surface area (Å²) in [7, 11) is 1.63. The maximum Gasteiger partial charge on any atom is 0.246 e. The van der Waals surface area contributed by atoms with Crippen LogP contribution >= 0.6 is 0 Å². The molecule has 0 saturated carbocycles. The number of fused-ring (bicyclic) bond motifs is 3. The van der Waals surface area contributed by atoms with Crippen LogP contribution < -0.4 is 5.32 Å². The van der Waals surface area contributed by atoms with Gasteiger partial charge < -0.3 is 14.8 Å². The largest absolute Gasteiger partial charge is 0.382 e. The topological polar surface area (TPSA) is 50.8 Å². The third-order valence-electron chi connectivity index (χ3n) is 5.83. The molecule has 1 aliphatic heterocycles. The van der Waals surface area contributed by atoms with Crippen molar-refractivity contribution in [3.8, 4) is 0 Å². The van der Waals surface area contributed by atoms with Crippen molar-refractivity contribution in [3.63, 3.8) is 0 Å². The highest BCUT2D eigenvalue weighted by Crippen LogP contribution is 2.49. The van der Waals surface area contributed by atoms with Gasteiger partial charge in [-0.1, -0.05) is 54.6 Å². The zero-order chi connectivity index (χ0) is 19.3. The van der Waals surface area contributed by atoms with Gasteiger partial charge in [0.15, 0.2) is 0 Å². The summed E-state index contributed by atoms with van der Waals surface area (Å²) in [5.41, 5.74) is 3.98. The molecule has 1 aliphatic carbocycles. The van der Waals surface area contributed by atoms with Crippen molar-refractivity contribution in [3.05, 3.63) is 71.3 Å². The molecular weight excluding hydrogens is 352 g/mol. The average Bonchev–Trinajstić information content (AvgIpc) is 3.24. The minimum atomic E-state index is -0.0573. The number of amides is 1. The molecule has 0 spiro atoms. The van der Waals surface area contributed by atoms with Crippen molar-refractivity contribution in [2.45, 2.75) is 18.5 Å². The predicted octanol–water partition coefficient (Wildman–Crippen LogP) is 2.74. The Kier molecular flexibility index (Phi) is 6.05. The molecule has 1 amide bonds. The third-order valence-corrected chi connectivity index (χ3v) is 5.83. The van der Waals surface area contributed by atoms with E-state index in [1.54, 1.807) is 7.11 Å². The summed E-state index contributed by atoms with van der Waals surface area (Å²) in [6.07, 6.45) is 0. The number of benzene rings is 2. The maximum atomic E-state index is 12.4. The van der Waals surface area contributed by atoms with Crippen LogP contribution in [0.1, 0.15) is 28.7 Å².